The molecule has 1 saturated heterocycles. The Kier molecular flexibility index (Phi) is 2.75. The van der Waals surface area contributed by atoms with Crippen LogP contribution in [0.5, 0.6) is 0 Å². The van der Waals surface area contributed by atoms with Crippen LogP contribution < -0.4 is 5.32 Å². The van der Waals surface area contributed by atoms with E-state index in [2.05, 4.69) is 22.4 Å². The fourth-order valence-corrected chi connectivity index (χ4v) is 2.98. The number of fused-ring (bicyclic) bond motifs is 2. The molecule has 1 aromatic rings. The van der Waals surface area contributed by atoms with E-state index in [-0.39, 0.29) is 0 Å². The third-order valence-electron chi connectivity index (χ3n) is 3.80. The van der Waals surface area contributed by atoms with Crippen molar-refractivity contribution in [2.24, 2.45) is 11.8 Å². The number of allylic oxidation sites excluding steroid dienone is 2. The highest BCUT2D eigenvalue weighted by molar-refractivity contribution is 5.69. The van der Waals surface area contributed by atoms with Crippen molar-refractivity contribution >= 4 is 5.57 Å². The van der Waals surface area contributed by atoms with E-state index in [4.69, 9.17) is 0 Å². The van der Waals surface area contributed by atoms with Gasteiger partial charge in [-0.2, -0.15) is 0 Å². The van der Waals surface area contributed by atoms with Gasteiger partial charge in [-0.05, 0) is 61.4 Å². The molecule has 0 amide bonds. The smallest absolute Gasteiger partial charge is 0.0343 e. The van der Waals surface area contributed by atoms with Crippen LogP contribution in [0.3, 0.4) is 0 Å². The first kappa shape index (κ1) is 10.0. The largest absolute Gasteiger partial charge is 0.317 e. The quantitative estimate of drug-likeness (QED) is 0.777. The number of rotatable bonds is 1. The monoisotopic (exact) mass is 214 g/mol. The fraction of sp³-hybridized carbons (Fsp3) is 0.500. The Hall–Kier alpha value is -1.15. The number of pyridine rings is 1. The number of hydrogen-bond donors (Lipinski definition) is 1. The molecule has 2 heterocycles. The predicted molar refractivity (Wildman–Crippen MR) is 65.9 cm³/mol. The predicted octanol–water partition coefficient (Wildman–Crippen LogP) is 2.48. The van der Waals surface area contributed by atoms with Gasteiger partial charge in [-0.15, -0.1) is 0 Å². The minimum absolute atomic E-state index is 0.752. The summed E-state index contributed by atoms with van der Waals surface area (Å²) in [6.45, 7) is 2.34. The molecule has 0 spiro atoms. The van der Waals surface area contributed by atoms with Crippen LogP contribution in [0.25, 0.3) is 5.57 Å². The summed E-state index contributed by atoms with van der Waals surface area (Å²) in [5.74, 6) is 1.54. The molecule has 0 saturated carbocycles. The molecule has 2 unspecified atom stereocenters. The third-order valence-corrected chi connectivity index (χ3v) is 3.80. The van der Waals surface area contributed by atoms with E-state index in [1.807, 2.05) is 18.5 Å². The van der Waals surface area contributed by atoms with Crippen molar-refractivity contribution in [1.29, 1.82) is 0 Å². The van der Waals surface area contributed by atoms with E-state index in [9.17, 15) is 0 Å². The molecule has 0 aromatic carbocycles. The van der Waals surface area contributed by atoms with E-state index in [1.165, 1.54) is 31.4 Å². The molecule has 2 bridgehead atoms. The molecule has 1 fully saturated rings. The van der Waals surface area contributed by atoms with Crippen molar-refractivity contribution in [1.82, 2.24) is 10.3 Å². The van der Waals surface area contributed by atoms with Crippen molar-refractivity contribution in [3.05, 3.63) is 36.2 Å². The van der Waals surface area contributed by atoms with Crippen molar-refractivity contribution in [3.8, 4) is 0 Å². The normalized spacial score (nSPS) is 29.4. The fourth-order valence-electron chi connectivity index (χ4n) is 2.98. The first-order chi connectivity index (χ1) is 7.93. The van der Waals surface area contributed by atoms with Gasteiger partial charge in [-0.3, -0.25) is 4.98 Å². The Morgan fingerprint density at radius 1 is 1.25 bits per heavy atom. The minimum Gasteiger partial charge on any atom is -0.317 e. The lowest BCUT2D eigenvalue weighted by Crippen LogP contribution is -2.23. The summed E-state index contributed by atoms with van der Waals surface area (Å²) < 4.78 is 0. The average molecular weight is 214 g/mol. The lowest BCUT2D eigenvalue weighted by molar-refractivity contribution is 0.420. The van der Waals surface area contributed by atoms with Crippen LogP contribution in [-0.2, 0) is 0 Å². The number of aromatic nitrogens is 1. The second-order valence-electron chi connectivity index (χ2n) is 4.88. The first-order valence-electron chi connectivity index (χ1n) is 6.26. The molecule has 0 radical (unpaired) electrons. The van der Waals surface area contributed by atoms with E-state index >= 15 is 0 Å². The maximum atomic E-state index is 4.23. The van der Waals surface area contributed by atoms with Crippen LogP contribution >= 0.6 is 0 Å². The van der Waals surface area contributed by atoms with Crippen LogP contribution in [0.1, 0.15) is 24.8 Å². The van der Waals surface area contributed by atoms with Crippen LogP contribution in [0.2, 0.25) is 0 Å². The van der Waals surface area contributed by atoms with Gasteiger partial charge < -0.3 is 5.32 Å². The van der Waals surface area contributed by atoms with Gasteiger partial charge in [0.15, 0.2) is 0 Å². The molecule has 1 aromatic heterocycles. The van der Waals surface area contributed by atoms with Gasteiger partial charge in [-0.1, -0.05) is 12.1 Å². The summed E-state index contributed by atoms with van der Waals surface area (Å²) in [7, 11) is 0. The zero-order chi connectivity index (χ0) is 10.8. The lowest BCUT2D eigenvalue weighted by Gasteiger charge is -2.19. The Bertz CT molecular complexity index is 383. The summed E-state index contributed by atoms with van der Waals surface area (Å²) in [5.41, 5.74) is 2.87. The van der Waals surface area contributed by atoms with Gasteiger partial charge in [0.1, 0.15) is 0 Å². The van der Waals surface area contributed by atoms with Crippen molar-refractivity contribution < 1.29 is 0 Å². The van der Waals surface area contributed by atoms with Crippen LogP contribution in [0.4, 0.5) is 0 Å². The molecule has 16 heavy (non-hydrogen) atoms. The zero-order valence-electron chi connectivity index (χ0n) is 9.52. The van der Waals surface area contributed by atoms with Crippen molar-refractivity contribution in [2.45, 2.75) is 19.3 Å². The SMILES string of the molecule is C1=C(c2cccnc2)C2CCNCCC1C2. The Balaban J connectivity index is 1.89. The van der Waals surface area contributed by atoms with Gasteiger partial charge in [0.05, 0.1) is 0 Å². The number of nitrogens with zero attached hydrogens (tertiary/aromatic N) is 1. The van der Waals surface area contributed by atoms with Crippen molar-refractivity contribution in [2.75, 3.05) is 13.1 Å². The molecule has 2 heteroatoms. The molecule has 2 aliphatic rings. The molecule has 1 aliphatic carbocycles. The van der Waals surface area contributed by atoms with E-state index in [0.717, 1.165) is 18.4 Å². The molecule has 2 atom stereocenters. The summed E-state index contributed by atoms with van der Waals surface area (Å²) >= 11 is 0. The summed E-state index contributed by atoms with van der Waals surface area (Å²) in [6.07, 6.45) is 10.3. The van der Waals surface area contributed by atoms with Gasteiger partial charge in [-0.25, -0.2) is 0 Å². The highest BCUT2D eigenvalue weighted by atomic mass is 14.8. The minimum atomic E-state index is 0.752. The van der Waals surface area contributed by atoms with Gasteiger partial charge in [0.25, 0.3) is 0 Å². The molecular formula is C14H18N2. The maximum absolute atomic E-state index is 4.23. The number of hydrogen-bond acceptors (Lipinski definition) is 2. The second kappa shape index (κ2) is 4.38. The standard InChI is InChI=1S/C14H18N2/c1-2-13(10-16-5-1)14-9-11-3-6-15-7-4-12(14)8-11/h1-2,5,9-12,15H,3-4,6-8H2. The molecule has 2 nitrogen and oxygen atoms in total. The van der Waals surface area contributed by atoms with Crippen LogP contribution in [-0.4, -0.2) is 18.1 Å². The molecule has 1 N–H and O–H groups in total. The molecule has 1 aliphatic heterocycles. The van der Waals surface area contributed by atoms with Crippen LogP contribution in [0.15, 0.2) is 30.6 Å². The number of nitrogens with one attached hydrogen (secondary N) is 1. The summed E-state index contributed by atoms with van der Waals surface area (Å²) in [4.78, 5) is 4.23. The van der Waals surface area contributed by atoms with E-state index < -0.39 is 0 Å². The molecule has 3 rings (SSSR count). The zero-order valence-corrected chi connectivity index (χ0v) is 9.52. The summed E-state index contributed by atoms with van der Waals surface area (Å²) in [5, 5.41) is 3.51. The topological polar surface area (TPSA) is 24.9 Å². The van der Waals surface area contributed by atoms with Crippen molar-refractivity contribution in [3.63, 3.8) is 0 Å². The van der Waals surface area contributed by atoms with Gasteiger partial charge in [0.2, 0.25) is 0 Å². The highest BCUT2D eigenvalue weighted by Crippen LogP contribution is 2.40. The Morgan fingerprint density at radius 3 is 3.06 bits per heavy atom. The Labute approximate surface area is 96.8 Å². The van der Waals surface area contributed by atoms with Gasteiger partial charge >= 0.3 is 0 Å². The maximum Gasteiger partial charge on any atom is 0.0343 e. The first-order valence-corrected chi connectivity index (χ1v) is 6.26. The lowest BCUT2D eigenvalue weighted by atomic mass is 9.91. The average Bonchev–Trinajstić information content (AvgIpc) is 2.72. The van der Waals surface area contributed by atoms with Crippen LogP contribution in [0, 0.1) is 11.8 Å². The third kappa shape index (κ3) is 1.90. The Morgan fingerprint density at radius 2 is 2.19 bits per heavy atom. The second-order valence-corrected chi connectivity index (χ2v) is 4.88. The molecular weight excluding hydrogens is 196 g/mol. The van der Waals surface area contributed by atoms with E-state index in [0.29, 0.717) is 0 Å². The van der Waals surface area contributed by atoms with E-state index in [1.54, 1.807) is 5.57 Å². The highest BCUT2D eigenvalue weighted by Gasteiger charge is 2.27. The summed E-state index contributed by atoms with van der Waals surface area (Å²) in [6, 6.07) is 4.23. The van der Waals surface area contributed by atoms with Gasteiger partial charge in [0, 0.05) is 12.4 Å². The molecule has 84 valence electrons.